The molecule has 0 aliphatic carbocycles. The molecule has 0 unspecified atom stereocenters. The Kier molecular flexibility index (Phi) is 4.86. The van der Waals surface area contributed by atoms with Crippen LogP contribution in [0.3, 0.4) is 0 Å². The summed E-state index contributed by atoms with van der Waals surface area (Å²) in [5, 5.41) is 5.88. The monoisotopic (exact) mass is 363 g/mol. The molecule has 0 bridgehead atoms. The fourth-order valence-electron chi connectivity index (χ4n) is 1.97. The second kappa shape index (κ2) is 7.06. The number of nitrogens with zero attached hydrogens (tertiary/aromatic N) is 2. The van der Waals surface area contributed by atoms with Crippen LogP contribution < -0.4 is 10.1 Å². The van der Waals surface area contributed by atoms with Crippen LogP contribution in [-0.2, 0) is 6.61 Å². The fraction of sp³-hybridized carbons (Fsp3) is 0.188. The Morgan fingerprint density at radius 1 is 1.25 bits per heavy atom. The van der Waals surface area contributed by atoms with Crippen molar-refractivity contribution in [2.75, 3.05) is 5.32 Å². The van der Waals surface area contributed by atoms with Crippen LogP contribution in [0.15, 0.2) is 29.6 Å². The lowest BCUT2D eigenvalue weighted by Crippen LogP contribution is -2.11. The van der Waals surface area contributed by atoms with Crippen LogP contribution in [0.2, 0.25) is 0 Å². The highest BCUT2D eigenvalue weighted by Gasteiger charge is 2.17. The number of thiazole rings is 2. The number of rotatable bonds is 5. The number of aryl methyl sites for hydroxylation is 2. The minimum Gasteiger partial charge on any atom is -0.486 e. The number of carbonyl (C=O) groups is 1. The molecule has 0 aliphatic heterocycles. The molecule has 3 rings (SSSR count). The SMILES string of the molecule is Cc1csc(NC(=O)c2sc(COc3ccc(F)cc3)nc2C)n1. The van der Waals surface area contributed by atoms with Crippen molar-refractivity contribution in [3.05, 3.63) is 56.7 Å². The molecule has 8 heteroatoms. The molecule has 2 heterocycles. The van der Waals surface area contributed by atoms with E-state index in [2.05, 4.69) is 15.3 Å². The van der Waals surface area contributed by atoms with Gasteiger partial charge in [0.15, 0.2) is 5.13 Å². The Labute approximate surface area is 146 Å². The van der Waals surface area contributed by atoms with Gasteiger partial charge in [0.2, 0.25) is 0 Å². The molecule has 2 aromatic heterocycles. The van der Waals surface area contributed by atoms with E-state index in [1.54, 1.807) is 19.1 Å². The quantitative estimate of drug-likeness (QED) is 0.738. The lowest BCUT2D eigenvalue weighted by Gasteiger charge is -2.03. The summed E-state index contributed by atoms with van der Waals surface area (Å²) in [6, 6.07) is 5.76. The lowest BCUT2D eigenvalue weighted by molar-refractivity contribution is 0.103. The third kappa shape index (κ3) is 3.95. The number of hydrogen-bond acceptors (Lipinski definition) is 6. The van der Waals surface area contributed by atoms with E-state index in [1.807, 2.05) is 12.3 Å². The second-order valence-electron chi connectivity index (χ2n) is 5.01. The molecule has 124 valence electrons. The van der Waals surface area contributed by atoms with Crippen molar-refractivity contribution in [3.8, 4) is 5.75 Å². The maximum absolute atomic E-state index is 12.9. The topological polar surface area (TPSA) is 64.1 Å². The number of hydrogen-bond donors (Lipinski definition) is 1. The van der Waals surface area contributed by atoms with Gasteiger partial charge < -0.3 is 4.74 Å². The molecular weight excluding hydrogens is 349 g/mol. The minimum absolute atomic E-state index is 0.223. The normalized spacial score (nSPS) is 10.6. The summed E-state index contributed by atoms with van der Waals surface area (Å²) in [7, 11) is 0. The summed E-state index contributed by atoms with van der Waals surface area (Å²) in [6.45, 7) is 3.87. The maximum Gasteiger partial charge on any atom is 0.269 e. The van der Waals surface area contributed by atoms with E-state index < -0.39 is 0 Å². The highest BCUT2D eigenvalue weighted by molar-refractivity contribution is 7.15. The molecule has 5 nitrogen and oxygen atoms in total. The molecule has 0 saturated heterocycles. The first-order chi connectivity index (χ1) is 11.5. The number of nitrogens with one attached hydrogen (secondary N) is 1. The van der Waals surface area contributed by atoms with E-state index in [9.17, 15) is 9.18 Å². The highest BCUT2D eigenvalue weighted by atomic mass is 32.1. The predicted molar refractivity (Wildman–Crippen MR) is 92.4 cm³/mol. The minimum atomic E-state index is -0.316. The number of ether oxygens (including phenoxy) is 1. The molecule has 24 heavy (non-hydrogen) atoms. The molecule has 1 aromatic carbocycles. The molecule has 0 aliphatic rings. The fourth-order valence-corrected chi connectivity index (χ4v) is 3.52. The van der Waals surface area contributed by atoms with Crippen LogP contribution >= 0.6 is 22.7 Å². The summed E-state index contributed by atoms with van der Waals surface area (Å²) in [6.07, 6.45) is 0. The first-order valence-corrected chi connectivity index (χ1v) is 8.79. The van der Waals surface area contributed by atoms with Crippen molar-refractivity contribution >= 4 is 33.7 Å². The molecule has 0 spiro atoms. The summed E-state index contributed by atoms with van der Waals surface area (Å²) in [5.74, 6) is 0.00437. The Balaban J connectivity index is 1.65. The number of benzene rings is 1. The maximum atomic E-state index is 12.9. The van der Waals surface area contributed by atoms with Crippen LogP contribution in [-0.4, -0.2) is 15.9 Å². The Hall–Kier alpha value is -2.32. The van der Waals surface area contributed by atoms with Crippen LogP contribution in [0.25, 0.3) is 0 Å². The van der Waals surface area contributed by atoms with Crippen molar-refractivity contribution in [1.82, 2.24) is 9.97 Å². The van der Waals surface area contributed by atoms with Gasteiger partial charge in [0.1, 0.15) is 28.1 Å². The van der Waals surface area contributed by atoms with Gasteiger partial charge in [-0.2, -0.15) is 0 Å². The lowest BCUT2D eigenvalue weighted by atomic mass is 10.3. The highest BCUT2D eigenvalue weighted by Crippen LogP contribution is 2.23. The van der Waals surface area contributed by atoms with Crippen molar-refractivity contribution in [3.63, 3.8) is 0 Å². The zero-order valence-corrected chi connectivity index (χ0v) is 14.6. The molecule has 0 radical (unpaired) electrons. The van der Waals surface area contributed by atoms with E-state index >= 15 is 0 Å². The molecule has 0 fully saturated rings. The third-order valence-corrected chi connectivity index (χ3v) is 5.07. The standard InChI is InChI=1S/C16H14FN3O2S2/c1-9-8-23-16(18-9)20-15(21)14-10(2)19-13(24-14)7-22-12-5-3-11(17)4-6-12/h3-6,8H,7H2,1-2H3,(H,18,20,21). The van der Waals surface area contributed by atoms with Gasteiger partial charge in [-0.3, -0.25) is 10.1 Å². The average Bonchev–Trinajstić information content (AvgIpc) is 3.12. The van der Waals surface area contributed by atoms with E-state index in [4.69, 9.17) is 4.74 Å². The summed E-state index contributed by atoms with van der Waals surface area (Å²) < 4.78 is 18.4. The zero-order chi connectivity index (χ0) is 17.1. The first-order valence-electron chi connectivity index (χ1n) is 7.09. The van der Waals surface area contributed by atoms with Crippen LogP contribution in [0.5, 0.6) is 5.75 Å². The molecular formula is C16H14FN3O2S2. The van der Waals surface area contributed by atoms with Crippen molar-refractivity contribution in [2.45, 2.75) is 20.5 Å². The Morgan fingerprint density at radius 3 is 2.67 bits per heavy atom. The molecule has 3 aromatic rings. The number of aromatic nitrogens is 2. The molecule has 0 atom stereocenters. The van der Waals surface area contributed by atoms with Gasteiger partial charge in [-0.15, -0.1) is 22.7 Å². The van der Waals surface area contributed by atoms with Crippen LogP contribution in [0.1, 0.15) is 26.1 Å². The zero-order valence-electron chi connectivity index (χ0n) is 13.0. The summed E-state index contributed by atoms with van der Waals surface area (Å²) in [5.41, 5.74) is 1.51. The summed E-state index contributed by atoms with van der Waals surface area (Å²) >= 11 is 2.65. The van der Waals surface area contributed by atoms with Gasteiger partial charge in [-0.1, -0.05) is 0 Å². The van der Waals surface area contributed by atoms with E-state index in [0.29, 0.717) is 26.5 Å². The number of amides is 1. The van der Waals surface area contributed by atoms with Gasteiger partial charge in [0.05, 0.1) is 11.4 Å². The average molecular weight is 363 g/mol. The number of carbonyl (C=O) groups excluding carboxylic acids is 1. The molecule has 1 N–H and O–H groups in total. The van der Waals surface area contributed by atoms with Crippen molar-refractivity contribution < 1.29 is 13.9 Å². The predicted octanol–water partition coefficient (Wildman–Crippen LogP) is 4.19. The largest absolute Gasteiger partial charge is 0.486 e. The summed E-state index contributed by atoms with van der Waals surface area (Å²) in [4.78, 5) is 21.4. The van der Waals surface area contributed by atoms with Crippen molar-refractivity contribution in [2.24, 2.45) is 0 Å². The third-order valence-electron chi connectivity index (χ3n) is 3.06. The number of anilines is 1. The van der Waals surface area contributed by atoms with Gasteiger partial charge in [-0.05, 0) is 38.1 Å². The molecule has 0 saturated carbocycles. The Morgan fingerprint density at radius 2 is 2.00 bits per heavy atom. The Bertz CT molecular complexity index is 859. The van der Waals surface area contributed by atoms with Gasteiger partial charge in [0.25, 0.3) is 5.91 Å². The smallest absolute Gasteiger partial charge is 0.269 e. The molecule has 1 amide bonds. The second-order valence-corrected chi connectivity index (χ2v) is 6.95. The van der Waals surface area contributed by atoms with E-state index in [0.717, 1.165) is 5.69 Å². The van der Waals surface area contributed by atoms with E-state index in [-0.39, 0.29) is 18.3 Å². The number of halogens is 1. The first kappa shape index (κ1) is 16.5. The van der Waals surface area contributed by atoms with Gasteiger partial charge in [0, 0.05) is 5.38 Å². The van der Waals surface area contributed by atoms with Crippen LogP contribution in [0, 0.1) is 19.7 Å². The van der Waals surface area contributed by atoms with Gasteiger partial charge >= 0.3 is 0 Å². The van der Waals surface area contributed by atoms with Crippen LogP contribution in [0.4, 0.5) is 9.52 Å². The van der Waals surface area contributed by atoms with E-state index in [1.165, 1.54) is 34.8 Å². The van der Waals surface area contributed by atoms with Gasteiger partial charge in [-0.25, -0.2) is 14.4 Å². The van der Waals surface area contributed by atoms with Crippen molar-refractivity contribution in [1.29, 1.82) is 0 Å².